The van der Waals surface area contributed by atoms with Crippen molar-refractivity contribution in [2.45, 2.75) is 0 Å². The van der Waals surface area contributed by atoms with Gasteiger partial charge in [0.1, 0.15) is 11.5 Å². The second-order valence-corrected chi connectivity index (χ2v) is 3.52. The van der Waals surface area contributed by atoms with E-state index in [1.54, 1.807) is 25.3 Å². The van der Waals surface area contributed by atoms with Crippen LogP contribution >= 0.6 is 0 Å². The van der Waals surface area contributed by atoms with E-state index >= 15 is 0 Å². The van der Waals surface area contributed by atoms with Gasteiger partial charge in [0, 0.05) is 5.56 Å². The highest BCUT2D eigenvalue weighted by Gasteiger charge is 2.11. The Balaban J connectivity index is 2.41. The van der Waals surface area contributed by atoms with E-state index in [-0.39, 0.29) is 5.69 Å². The Kier molecular flexibility index (Phi) is 3.18. The topological polar surface area (TPSA) is 84.4 Å². The lowest BCUT2D eigenvalue weighted by Gasteiger charge is -2.08. The first-order valence-corrected chi connectivity index (χ1v) is 5.16. The molecule has 18 heavy (non-hydrogen) atoms. The van der Waals surface area contributed by atoms with Gasteiger partial charge in [0.2, 0.25) is 0 Å². The zero-order valence-electron chi connectivity index (χ0n) is 9.93. The number of nitrogens with zero attached hydrogens (tertiary/aromatic N) is 1. The van der Waals surface area contributed by atoms with Gasteiger partial charge in [-0.2, -0.15) is 0 Å². The fraction of sp³-hybridized carbons (Fsp3) is 0.167. The summed E-state index contributed by atoms with van der Waals surface area (Å²) < 4.78 is 10.3. The van der Waals surface area contributed by atoms with Gasteiger partial charge in [-0.3, -0.25) is 0 Å². The Morgan fingerprint density at radius 1 is 1.28 bits per heavy atom. The third kappa shape index (κ3) is 2.13. The van der Waals surface area contributed by atoms with Crippen molar-refractivity contribution in [1.29, 1.82) is 0 Å². The number of benzene rings is 1. The predicted octanol–water partition coefficient (Wildman–Crippen LogP) is 1.79. The number of methoxy groups -OCH3 is 2. The van der Waals surface area contributed by atoms with Crippen LogP contribution < -0.4 is 9.47 Å². The van der Waals surface area contributed by atoms with Crippen LogP contribution in [0.2, 0.25) is 0 Å². The van der Waals surface area contributed by atoms with Crippen molar-refractivity contribution in [2.75, 3.05) is 14.2 Å². The molecule has 0 spiro atoms. The largest absolute Gasteiger partial charge is 0.493 e. The summed E-state index contributed by atoms with van der Waals surface area (Å²) >= 11 is 0. The van der Waals surface area contributed by atoms with Crippen LogP contribution in [-0.4, -0.2) is 35.3 Å². The van der Waals surface area contributed by atoms with Gasteiger partial charge in [-0.1, -0.05) is 0 Å². The number of rotatable bonds is 4. The molecule has 2 aromatic rings. The molecule has 2 N–H and O–H groups in total. The monoisotopic (exact) mass is 248 g/mol. The third-order valence-electron chi connectivity index (χ3n) is 2.46. The number of ether oxygens (including phenoxy) is 2. The second-order valence-electron chi connectivity index (χ2n) is 3.52. The highest BCUT2D eigenvalue weighted by Crippen LogP contribution is 2.31. The number of carboxylic acids is 1. The van der Waals surface area contributed by atoms with Crippen LogP contribution in [0.25, 0.3) is 11.4 Å². The van der Waals surface area contributed by atoms with Gasteiger partial charge >= 0.3 is 5.97 Å². The van der Waals surface area contributed by atoms with Crippen LogP contribution in [0, 0.1) is 0 Å². The average molecular weight is 248 g/mol. The van der Waals surface area contributed by atoms with E-state index in [9.17, 15) is 4.79 Å². The molecule has 1 aromatic heterocycles. The minimum Gasteiger partial charge on any atom is -0.493 e. The van der Waals surface area contributed by atoms with E-state index in [1.807, 2.05) is 0 Å². The summed E-state index contributed by atoms with van der Waals surface area (Å²) in [5.74, 6) is 0.581. The van der Waals surface area contributed by atoms with Gasteiger partial charge in [-0.25, -0.2) is 9.78 Å². The summed E-state index contributed by atoms with van der Waals surface area (Å²) in [4.78, 5) is 17.5. The Bertz CT molecular complexity index is 577. The zero-order chi connectivity index (χ0) is 13.1. The van der Waals surface area contributed by atoms with Crippen LogP contribution in [0.1, 0.15) is 10.5 Å². The van der Waals surface area contributed by atoms with Gasteiger partial charge in [0.25, 0.3) is 0 Å². The van der Waals surface area contributed by atoms with Gasteiger partial charge in [0.05, 0.1) is 20.4 Å². The van der Waals surface area contributed by atoms with E-state index < -0.39 is 5.97 Å². The van der Waals surface area contributed by atoms with Gasteiger partial charge in [-0.05, 0) is 18.2 Å². The molecular weight excluding hydrogens is 236 g/mol. The van der Waals surface area contributed by atoms with E-state index in [2.05, 4.69) is 9.97 Å². The molecule has 1 aromatic carbocycles. The van der Waals surface area contributed by atoms with Crippen LogP contribution in [0.3, 0.4) is 0 Å². The van der Waals surface area contributed by atoms with Gasteiger partial charge in [-0.15, -0.1) is 0 Å². The van der Waals surface area contributed by atoms with E-state index in [0.717, 1.165) is 5.56 Å². The quantitative estimate of drug-likeness (QED) is 0.861. The molecule has 0 aliphatic heterocycles. The number of imidazole rings is 1. The number of hydrogen-bond donors (Lipinski definition) is 2. The highest BCUT2D eigenvalue weighted by atomic mass is 16.5. The molecule has 6 nitrogen and oxygen atoms in total. The van der Waals surface area contributed by atoms with E-state index in [1.165, 1.54) is 13.3 Å². The first-order valence-electron chi connectivity index (χ1n) is 5.16. The molecule has 0 radical (unpaired) electrons. The number of aromatic amines is 1. The average Bonchev–Trinajstić information content (AvgIpc) is 2.87. The molecule has 0 fully saturated rings. The molecule has 0 unspecified atom stereocenters. The lowest BCUT2D eigenvalue weighted by molar-refractivity contribution is 0.0691. The molecular formula is C12H12N2O4. The fourth-order valence-electron chi connectivity index (χ4n) is 1.56. The van der Waals surface area contributed by atoms with Crippen LogP contribution in [0.15, 0.2) is 24.4 Å². The lowest BCUT2D eigenvalue weighted by Crippen LogP contribution is -1.95. The molecule has 0 aliphatic rings. The predicted molar refractivity (Wildman–Crippen MR) is 64.1 cm³/mol. The first kappa shape index (κ1) is 12.0. The van der Waals surface area contributed by atoms with Crippen molar-refractivity contribution in [3.8, 4) is 22.9 Å². The van der Waals surface area contributed by atoms with Gasteiger partial charge < -0.3 is 19.6 Å². The number of H-pyrrole nitrogens is 1. The SMILES string of the molecule is COc1ccc(-c2ncc(C(=O)O)[nH]2)cc1OC. The molecule has 2 rings (SSSR count). The molecule has 0 atom stereocenters. The molecule has 94 valence electrons. The Morgan fingerprint density at radius 3 is 2.56 bits per heavy atom. The number of hydrogen-bond acceptors (Lipinski definition) is 4. The maximum atomic E-state index is 10.8. The first-order chi connectivity index (χ1) is 8.65. The molecule has 0 bridgehead atoms. The third-order valence-corrected chi connectivity index (χ3v) is 2.46. The summed E-state index contributed by atoms with van der Waals surface area (Å²) in [6, 6.07) is 5.23. The highest BCUT2D eigenvalue weighted by molar-refractivity contribution is 5.85. The maximum Gasteiger partial charge on any atom is 0.353 e. The molecule has 6 heteroatoms. The molecule has 0 saturated heterocycles. The summed E-state index contributed by atoms with van der Waals surface area (Å²) in [5, 5.41) is 8.81. The van der Waals surface area contributed by atoms with Crippen LogP contribution in [-0.2, 0) is 0 Å². The molecule has 1 heterocycles. The lowest BCUT2D eigenvalue weighted by atomic mass is 10.2. The fourth-order valence-corrected chi connectivity index (χ4v) is 1.56. The van der Waals surface area contributed by atoms with Crippen molar-refractivity contribution < 1.29 is 19.4 Å². The Morgan fingerprint density at radius 2 is 2.00 bits per heavy atom. The Labute approximate surface area is 103 Å². The van der Waals surface area contributed by atoms with Crippen LogP contribution in [0.5, 0.6) is 11.5 Å². The molecule has 0 amide bonds. The van der Waals surface area contributed by atoms with Crippen molar-refractivity contribution in [1.82, 2.24) is 9.97 Å². The number of aromatic nitrogens is 2. The molecule has 0 saturated carbocycles. The van der Waals surface area contributed by atoms with Crippen molar-refractivity contribution in [3.05, 3.63) is 30.1 Å². The van der Waals surface area contributed by atoms with E-state index in [4.69, 9.17) is 14.6 Å². The normalized spacial score (nSPS) is 10.1. The summed E-state index contributed by atoms with van der Waals surface area (Å²) in [7, 11) is 3.08. The van der Waals surface area contributed by atoms with Gasteiger partial charge in [0.15, 0.2) is 11.5 Å². The number of nitrogens with one attached hydrogen (secondary N) is 1. The summed E-state index contributed by atoms with van der Waals surface area (Å²) in [5.41, 5.74) is 0.764. The van der Waals surface area contributed by atoms with Crippen molar-refractivity contribution in [2.24, 2.45) is 0 Å². The minimum absolute atomic E-state index is 0.0415. The minimum atomic E-state index is -1.05. The smallest absolute Gasteiger partial charge is 0.353 e. The van der Waals surface area contributed by atoms with Crippen LogP contribution in [0.4, 0.5) is 0 Å². The Hall–Kier alpha value is -2.50. The number of carbonyl (C=O) groups is 1. The number of aromatic carboxylic acids is 1. The maximum absolute atomic E-state index is 10.8. The summed E-state index contributed by atoms with van der Waals surface area (Å²) in [6.45, 7) is 0. The number of carboxylic acid groups (broad SMARTS) is 1. The van der Waals surface area contributed by atoms with Crippen molar-refractivity contribution >= 4 is 5.97 Å². The zero-order valence-corrected chi connectivity index (χ0v) is 9.93. The standard InChI is InChI=1S/C12H12N2O4/c1-17-9-4-3-7(5-10(9)18-2)11-13-6-8(14-11)12(15)16/h3-6H,1-2H3,(H,13,14)(H,15,16). The second kappa shape index (κ2) is 4.79. The van der Waals surface area contributed by atoms with Crippen molar-refractivity contribution in [3.63, 3.8) is 0 Å². The van der Waals surface area contributed by atoms with E-state index in [0.29, 0.717) is 17.3 Å². The summed E-state index contributed by atoms with van der Waals surface area (Å²) in [6.07, 6.45) is 1.27. The molecule has 0 aliphatic carbocycles.